The van der Waals surface area contributed by atoms with E-state index in [0.717, 1.165) is 11.1 Å². The molecule has 1 unspecified atom stereocenters. The Morgan fingerprint density at radius 3 is 2.06 bits per heavy atom. The summed E-state index contributed by atoms with van der Waals surface area (Å²) in [7, 11) is -5.62. The van der Waals surface area contributed by atoms with Crippen LogP contribution >= 0.6 is 0 Å². The molecular weight excluding hydrogens is 492 g/mol. The van der Waals surface area contributed by atoms with Crippen LogP contribution in [-0.2, 0) is 22.4 Å². The van der Waals surface area contributed by atoms with Gasteiger partial charge in [-0.25, -0.2) is 0 Å². The van der Waals surface area contributed by atoms with E-state index in [9.17, 15) is 10.2 Å². The summed E-state index contributed by atoms with van der Waals surface area (Å²) in [5, 5.41) is 22.1. The summed E-state index contributed by atoms with van der Waals surface area (Å²) in [5.41, 5.74) is 2.49. The largest absolute Gasteiger partial charge is 0.414 e. The number of rotatable bonds is 6. The molecule has 0 saturated carbocycles. The Bertz CT molecular complexity index is 918. The van der Waals surface area contributed by atoms with Crippen LogP contribution in [0.4, 0.5) is 0 Å². The summed E-state index contributed by atoms with van der Waals surface area (Å²) < 4.78 is 33.5. The quantitative estimate of drug-likeness (QED) is 0.485. The second kappa shape index (κ2) is 10.7. The van der Waals surface area contributed by atoms with Crippen molar-refractivity contribution in [2.24, 2.45) is 0 Å². The van der Waals surface area contributed by atoms with E-state index in [4.69, 9.17) is 22.4 Å². The molecule has 3 aliphatic rings. The monoisotopic (exact) mass is 536 g/mol. The van der Waals surface area contributed by atoms with Gasteiger partial charge in [0, 0.05) is 0 Å². The van der Waals surface area contributed by atoms with Crippen molar-refractivity contribution < 1.29 is 32.7 Å². The fourth-order valence-corrected chi connectivity index (χ4v) is 17.2. The van der Waals surface area contributed by atoms with Crippen LogP contribution < -0.4 is 0 Å². The molecule has 0 radical (unpaired) electrons. The fourth-order valence-electron chi connectivity index (χ4n) is 5.96. The molecule has 7 nitrogen and oxygen atoms in total. The highest BCUT2D eigenvalue weighted by atomic mass is 28.5. The van der Waals surface area contributed by atoms with E-state index in [0.29, 0.717) is 0 Å². The highest BCUT2D eigenvalue weighted by Gasteiger charge is 2.63. The lowest BCUT2D eigenvalue weighted by molar-refractivity contribution is -0.269. The Kier molecular flexibility index (Phi) is 8.36. The SMILES string of the molecule is CC(C)[Si]1(C(C)C)O[C@@H]2[C@H](O[C@H]3C=Cc4ccccc4[C@@H]3O)C(O)OC[C@H]2O[Si](C(C)C)(C(C)C)O1. The predicted molar refractivity (Wildman–Crippen MR) is 144 cm³/mol. The summed E-state index contributed by atoms with van der Waals surface area (Å²) in [6, 6.07) is 7.71. The molecule has 2 heterocycles. The van der Waals surface area contributed by atoms with Crippen LogP contribution in [0, 0.1) is 0 Å². The molecule has 36 heavy (non-hydrogen) atoms. The molecule has 1 aromatic rings. The van der Waals surface area contributed by atoms with Gasteiger partial charge in [0.2, 0.25) is 0 Å². The van der Waals surface area contributed by atoms with Gasteiger partial charge in [-0.2, -0.15) is 0 Å². The molecule has 6 atom stereocenters. The van der Waals surface area contributed by atoms with Gasteiger partial charge in [0.05, 0.1) is 12.7 Å². The van der Waals surface area contributed by atoms with Crippen molar-refractivity contribution in [1.82, 2.24) is 0 Å². The molecule has 0 spiro atoms. The number of aliphatic hydroxyl groups is 2. The van der Waals surface area contributed by atoms with Crippen molar-refractivity contribution in [2.45, 2.75) is 114 Å². The molecule has 1 aromatic carbocycles. The number of hydrogen-bond donors (Lipinski definition) is 2. The van der Waals surface area contributed by atoms with Gasteiger partial charge in [-0.15, -0.1) is 0 Å². The Labute approximate surface area is 218 Å². The number of fused-ring (bicyclic) bond motifs is 2. The zero-order valence-electron chi connectivity index (χ0n) is 22.9. The van der Waals surface area contributed by atoms with E-state index < -0.39 is 53.9 Å². The van der Waals surface area contributed by atoms with Crippen molar-refractivity contribution in [3.8, 4) is 0 Å². The zero-order chi connectivity index (χ0) is 26.4. The van der Waals surface area contributed by atoms with Crippen molar-refractivity contribution in [1.29, 1.82) is 0 Å². The number of benzene rings is 1. The third kappa shape index (κ3) is 4.83. The highest BCUT2D eigenvalue weighted by molar-refractivity contribution is 6.84. The Morgan fingerprint density at radius 2 is 1.44 bits per heavy atom. The molecule has 0 bridgehead atoms. The van der Waals surface area contributed by atoms with Gasteiger partial charge in [-0.1, -0.05) is 91.8 Å². The topological polar surface area (TPSA) is 86.6 Å². The average Bonchev–Trinajstić information content (AvgIpc) is 2.99. The van der Waals surface area contributed by atoms with E-state index in [1.165, 1.54) is 0 Å². The Morgan fingerprint density at radius 1 is 0.861 bits per heavy atom. The van der Waals surface area contributed by atoms with Crippen LogP contribution in [0.25, 0.3) is 6.08 Å². The summed E-state index contributed by atoms with van der Waals surface area (Å²) in [4.78, 5) is 0. The van der Waals surface area contributed by atoms with Crippen molar-refractivity contribution in [2.75, 3.05) is 6.61 Å². The second-order valence-corrected chi connectivity index (χ2v) is 20.4. The number of hydrogen-bond acceptors (Lipinski definition) is 7. The molecule has 9 heteroatoms. The van der Waals surface area contributed by atoms with E-state index >= 15 is 0 Å². The van der Waals surface area contributed by atoms with Gasteiger partial charge in [-0.3, -0.25) is 0 Å². The standard InChI is InChI=1S/C27H44O7Si2/c1-16(2)35(17(3)4)32-23-15-30-27(29)26(25(23)33-36(34-35,18(5)6)19(7)8)31-22-14-13-20-11-9-10-12-21(20)24(22)28/h9-14,16-19,22-29H,15H2,1-8H3/t22-,23+,24-,25-,26-,27?/m0/s1. The minimum Gasteiger partial charge on any atom is -0.414 e. The van der Waals surface area contributed by atoms with Gasteiger partial charge in [-0.05, 0) is 33.3 Å². The predicted octanol–water partition coefficient (Wildman–Crippen LogP) is 5.17. The number of aliphatic hydroxyl groups excluding tert-OH is 2. The first-order valence-electron chi connectivity index (χ1n) is 13.4. The maximum atomic E-state index is 11.1. The van der Waals surface area contributed by atoms with Gasteiger partial charge in [0.15, 0.2) is 6.29 Å². The first-order chi connectivity index (χ1) is 16.9. The van der Waals surface area contributed by atoms with Gasteiger partial charge < -0.3 is 32.7 Å². The smallest absolute Gasteiger partial charge is 0.335 e. The van der Waals surface area contributed by atoms with Crippen molar-refractivity contribution >= 4 is 23.2 Å². The molecule has 1 aliphatic carbocycles. The maximum absolute atomic E-state index is 11.1. The fraction of sp³-hybridized carbons (Fsp3) is 0.704. The van der Waals surface area contributed by atoms with Gasteiger partial charge in [0.25, 0.3) is 0 Å². The lowest BCUT2D eigenvalue weighted by atomic mass is 9.92. The molecule has 2 fully saturated rings. The molecular formula is C27H44O7Si2. The van der Waals surface area contributed by atoms with Crippen LogP contribution in [0.5, 0.6) is 0 Å². The summed E-state index contributed by atoms with van der Waals surface area (Å²) in [5.74, 6) is 0. The van der Waals surface area contributed by atoms with Crippen molar-refractivity contribution in [3.63, 3.8) is 0 Å². The van der Waals surface area contributed by atoms with E-state index in [2.05, 4.69) is 55.4 Å². The highest BCUT2D eigenvalue weighted by Crippen LogP contribution is 2.49. The molecule has 202 valence electrons. The van der Waals surface area contributed by atoms with Gasteiger partial charge in [0.1, 0.15) is 24.4 Å². The first kappa shape index (κ1) is 28.1. The minimum atomic E-state index is -2.86. The van der Waals surface area contributed by atoms with Crippen LogP contribution in [-0.4, -0.2) is 64.6 Å². The molecule has 4 rings (SSSR count). The summed E-state index contributed by atoms with van der Waals surface area (Å²) in [6.07, 6.45) is -0.770. The molecule has 2 saturated heterocycles. The van der Waals surface area contributed by atoms with Crippen LogP contribution in [0.15, 0.2) is 30.3 Å². The van der Waals surface area contributed by atoms with Crippen LogP contribution in [0.2, 0.25) is 22.2 Å². The lowest BCUT2D eigenvalue weighted by Crippen LogP contribution is -2.61. The molecule has 2 N–H and O–H groups in total. The van der Waals surface area contributed by atoms with E-state index in [1.54, 1.807) is 0 Å². The van der Waals surface area contributed by atoms with Crippen LogP contribution in [0.3, 0.4) is 0 Å². The second-order valence-electron chi connectivity index (χ2n) is 11.6. The Balaban J connectivity index is 1.72. The lowest BCUT2D eigenvalue weighted by Gasteiger charge is -2.46. The third-order valence-electron chi connectivity index (χ3n) is 8.00. The number of ether oxygens (including phenoxy) is 2. The van der Waals surface area contributed by atoms with Crippen LogP contribution in [0.1, 0.15) is 72.6 Å². The normalized spacial score (nSPS) is 33.6. The maximum Gasteiger partial charge on any atom is 0.335 e. The zero-order valence-corrected chi connectivity index (χ0v) is 24.9. The van der Waals surface area contributed by atoms with Gasteiger partial charge >= 0.3 is 17.1 Å². The van der Waals surface area contributed by atoms with E-state index in [-0.39, 0.29) is 28.8 Å². The summed E-state index contributed by atoms with van der Waals surface area (Å²) >= 11 is 0. The molecule has 0 aromatic heterocycles. The average molecular weight is 537 g/mol. The third-order valence-corrected chi connectivity index (χ3v) is 18.3. The molecule has 0 amide bonds. The van der Waals surface area contributed by atoms with E-state index in [1.807, 2.05) is 36.4 Å². The first-order valence-corrected chi connectivity index (χ1v) is 17.3. The minimum absolute atomic E-state index is 0.164. The summed E-state index contributed by atoms with van der Waals surface area (Å²) in [6.45, 7) is 17.6. The van der Waals surface area contributed by atoms with Crippen molar-refractivity contribution in [3.05, 3.63) is 41.5 Å². The molecule has 2 aliphatic heterocycles. The Hall–Kier alpha value is -0.886.